The van der Waals surface area contributed by atoms with E-state index in [1.54, 1.807) is 0 Å². The molecule has 9 N–H and O–H groups in total. The van der Waals surface area contributed by atoms with E-state index in [-0.39, 0.29) is 25.8 Å². The van der Waals surface area contributed by atoms with Gasteiger partial charge in [-0.25, -0.2) is 4.79 Å². The Hall–Kier alpha value is -2.38. The van der Waals surface area contributed by atoms with Gasteiger partial charge in [-0.3, -0.25) is 19.2 Å². The number of nitrogens with zero attached hydrogens (tertiary/aromatic N) is 1. The Morgan fingerprint density at radius 2 is 1.79 bits per heavy atom. The molecule has 13 heteroatoms. The van der Waals surface area contributed by atoms with Crippen LogP contribution in [0.15, 0.2) is 0 Å². The van der Waals surface area contributed by atoms with E-state index in [0.29, 0.717) is 44.4 Å². The van der Waals surface area contributed by atoms with Crippen molar-refractivity contribution in [2.24, 2.45) is 17.2 Å². The molecule has 0 bridgehead atoms. The number of likely N-dealkylation sites (tertiary alicyclic amines) is 1. The first-order valence-electron chi connectivity index (χ1n) is 11.5. The highest BCUT2D eigenvalue weighted by Crippen LogP contribution is 2.20. The van der Waals surface area contributed by atoms with Crippen LogP contribution in [0, 0.1) is 0 Å². The maximum atomic E-state index is 13.3. The highest BCUT2D eigenvalue weighted by Gasteiger charge is 2.39. The number of rotatable bonds is 16. The molecule has 0 spiro atoms. The Kier molecular flexibility index (Phi) is 13.5. The van der Waals surface area contributed by atoms with Gasteiger partial charge in [0.1, 0.15) is 18.1 Å². The topological polar surface area (TPSA) is 211 Å². The molecule has 0 saturated carbocycles. The van der Waals surface area contributed by atoms with Gasteiger partial charge >= 0.3 is 5.97 Å². The molecule has 0 aliphatic carbocycles. The highest BCUT2D eigenvalue weighted by molar-refractivity contribution is 7.98. The van der Waals surface area contributed by atoms with E-state index in [9.17, 15) is 29.1 Å². The maximum Gasteiger partial charge on any atom is 0.326 e. The van der Waals surface area contributed by atoms with E-state index in [1.165, 1.54) is 16.7 Å². The fraction of sp³-hybridized carbons (Fsp3) is 0.762. The van der Waals surface area contributed by atoms with E-state index in [2.05, 4.69) is 10.6 Å². The summed E-state index contributed by atoms with van der Waals surface area (Å²) in [7, 11) is 0. The normalized spacial score (nSPS) is 18.1. The molecule has 194 valence electrons. The number of aliphatic carboxylic acids is 1. The number of hydrogen-bond donors (Lipinski definition) is 6. The number of carboxylic acid groups (broad SMARTS) is 1. The number of amides is 4. The van der Waals surface area contributed by atoms with Crippen LogP contribution >= 0.6 is 11.8 Å². The molecule has 1 aliphatic heterocycles. The summed E-state index contributed by atoms with van der Waals surface area (Å²) in [5, 5.41) is 14.5. The summed E-state index contributed by atoms with van der Waals surface area (Å²) in [6.07, 6.45) is 4.57. The minimum Gasteiger partial charge on any atom is -0.480 e. The highest BCUT2D eigenvalue weighted by atomic mass is 32.2. The van der Waals surface area contributed by atoms with E-state index < -0.39 is 53.8 Å². The van der Waals surface area contributed by atoms with Gasteiger partial charge in [0.2, 0.25) is 23.6 Å². The van der Waals surface area contributed by atoms with Gasteiger partial charge in [-0.05, 0) is 57.1 Å². The zero-order valence-electron chi connectivity index (χ0n) is 19.7. The third-order valence-corrected chi connectivity index (χ3v) is 6.31. The number of carbonyl (C=O) groups is 5. The second-order valence-electron chi connectivity index (χ2n) is 8.33. The summed E-state index contributed by atoms with van der Waals surface area (Å²) in [4.78, 5) is 62.8. The molecule has 1 aliphatic rings. The van der Waals surface area contributed by atoms with Gasteiger partial charge in [-0.1, -0.05) is 6.42 Å². The molecular formula is C21H38N6O6S. The summed E-state index contributed by atoms with van der Waals surface area (Å²) >= 11 is 1.46. The fourth-order valence-corrected chi connectivity index (χ4v) is 4.20. The Balaban J connectivity index is 2.91. The largest absolute Gasteiger partial charge is 0.480 e. The molecule has 1 fully saturated rings. The van der Waals surface area contributed by atoms with Crippen LogP contribution in [-0.4, -0.2) is 88.9 Å². The minimum absolute atomic E-state index is 0.0360. The lowest BCUT2D eigenvalue weighted by Gasteiger charge is -2.30. The predicted molar refractivity (Wildman–Crippen MR) is 129 cm³/mol. The minimum atomic E-state index is -1.14. The van der Waals surface area contributed by atoms with Gasteiger partial charge in [-0.2, -0.15) is 11.8 Å². The Labute approximate surface area is 204 Å². The molecule has 4 amide bonds. The fourth-order valence-electron chi connectivity index (χ4n) is 3.73. The van der Waals surface area contributed by atoms with E-state index >= 15 is 0 Å². The molecule has 1 rings (SSSR count). The number of carbonyl (C=O) groups excluding carboxylic acids is 4. The molecule has 0 radical (unpaired) electrons. The number of nitrogens with two attached hydrogens (primary N) is 3. The lowest BCUT2D eigenvalue weighted by molar-refractivity contribution is -0.145. The second-order valence-corrected chi connectivity index (χ2v) is 9.31. The molecule has 4 unspecified atom stereocenters. The molecule has 0 aromatic carbocycles. The van der Waals surface area contributed by atoms with Crippen molar-refractivity contribution < 1.29 is 29.1 Å². The number of hydrogen-bond acceptors (Lipinski definition) is 8. The average molecular weight is 503 g/mol. The predicted octanol–water partition coefficient (Wildman–Crippen LogP) is -1.49. The van der Waals surface area contributed by atoms with Crippen molar-refractivity contribution in [1.29, 1.82) is 0 Å². The average Bonchev–Trinajstić information content (AvgIpc) is 3.28. The Morgan fingerprint density at radius 3 is 2.38 bits per heavy atom. The van der Waals surface area contributed by atoms with Crippen LogP contribution in [0.25, 0.3) is 0 Å². The SMILES string of the molecule is CSCCC(NC(=O)C1CCCN1C(=O)C(CCC(N)=O)NC(=O)C(N)CCCCN)C(=O)O. The van der Waals surface area contributed by atoms with Crippen LogP contribution in [0.5, 0.6) is 0 Å². The number of primary amides is 1. The summed E-state index contributed by atoms with van der Waals surface area (Å²) in [6.45, 7) is 0.747. The van der Waals surface area contributed by atoms with Crippen LogP contribution in [-0.2, 0) is 24.0 Å². The first-order valence-corrected chi connectivity index (χ1v) is 12.9. The summed E-state index contributed by atoms with van der Waals surface area (Å²) < 4.78 is 0. The van der Waals surface area contributed by atoms with E-state index in [4.69, 9.17) is 17.2 Å². The smallest absolute Gasteiger partial charge is 0.326 e. The lowest BCUT2D eigenvalue weighted by atomic mass is 10.1. The van der Waals surface area contributed by atoms with Gasteiger partial charge in [-0.15, -0.1) is 0 Å². The van der Waals surface area contributed by atoms with Crippen LogP contribution < -0.4 is 27.8 Å². The molecule has 12 nitrogen and oxygen atoms in total. The Morgan fingerprint density at radius 1 is 1.09 bits per heavy atom. The molecule has 1 saturated heterocycles. The summed E-state index contributed by atoms with van der Waals surface area (Å²) in [5.41, 5.74) is 16.6. The van der Waals surface area contributed by atoms with Crippen LogP contribution in [0.4, 0.5) is 0 Å². The molecular weight excluding hydrogens is 464 g/mol. The summed E-state index contributed by atoms with van der Waals surface area (Å²) in [5.74, 6) is -2.85. The lowest BCUT2D eigenvalue weighted by Crippen LogP contribution is -2.57. The van der Waals surface area contributed by atoms with Crippen LogP contribution in [0.3, 0.4) is 0 Å². The van der Waals surface area contributed by atoms with Gasteiger partial charge in [0.05, 0.1) is 6.04 Å². The van der Waals surface area contributed by atoms with Crippen molar-refractivity contribution in [3.8, 4) is 0 Å². The first kappa shape index (κ1) is 29.7. The van der Waals surface area contributed by atoms with Crippen LogP contribution in [0.2, 0.25) is 0 Å². The van der Waals surface area contributed by atoms with Gasteiger partial charge in [0.15, 0.2) is 0 Å². The number of unbranched alkanes of at least 4 members (excludes halogenated alkanes) is 1. The quantitative estimate of drug-likeness (QED) is 0.135. The third kappa shape index (κ3) is 9.85. The zero-order valence-corrected chi connectivity index (χ0v) is 20.5. The number of nitrogens with one attached hydrogen (secondary N) is 2. The van der Waals surface area contributed by atoms with Crippen molar-refractivity contribution >= 4 is 41.4 Å². The number of thioether (sulfide) groups is 1. The molecule has 4 atom stereocenters. The van der Waals surface area contributed by atoms with Gasteiger partial charge in [0.25, 0.3) is 0 Å². The van der Waals surface area contributed by atoms with Crippen molar-refractivity contribution in [2.45, 2.75) is 75.5 Å². The monoisotopic (exact) mass is 502 g/mol. The van der Waals surface area contributed by atoms with Gasteiger partial charge < -0.3 is 37.8 Å². The third-order valence-electron chi connectivity index (χ3n) is 5.66. The zero-order chi connectivity index (χ0) is 25.7. The maximum absolute atomic E-state index is 13.3. The molecule has 34 heavy (non-hydrogen) atoms. The van der Waals surface area contributed by atoms with E-state index in [0.717, 1.165) is 0 Å². The second kappa shape index (κ2) is 15.5. The number of carboxylic acids is 1. The standard InChI is InChI=1S/C21H38N6O6S/c1-34-12-9-15(21(32)33)26-19(30)16-6-4-11-27(16)20(31)14(7-8-17(24)28)25-18(29)13(23)5-2-3-10-22/h13-16H,2-12,22-23H2,1H3,(H2,24,28)(H,25,29)(H,26,30)(H,32,33). The molecule has 1 heterocycles. The summed E-state index contributed by atoms with van der Waals surface area (Å²) in [6, 6.07) is -3.86. The van der Waals surface area contributed by atoms with E-state index in [1.807, 2.05) is 6.26 Å². The Bertz CT molecular complexity index is 724. The van der Waals surface area contributed by atoms with Crippen molar-refractivity contribution in [1.82, 2.24) is 15.5 Å². The van der Waals surface area contributed by atoms with Crippen molar-refractivity contribution in [3.63, 3.8) is 0 Å². The van der Waals surface area contributed by atoms with Gasteiger partial charge in [0, 0.05) is 13.0 Å². The van der Waals surface area contributed by atoms with Crippen molar-refractivity contribution in [3.05, 3.63) is 0 Å². The van der Waals surface area contributed by atoms with Crippen molar-refractivity contribution in [2.75, 3.05) is 25.1 Å². The van der Waals surface area contributed by atoms with Crippen LogP contribution in [0.1, 0.15) is 51.4 Å². The molecule has 0 aromatic rings. The first-order chi connectivity index (χ1) is 16.1. The molecule has 0 aromatic heterocycles.